The monoisotopic (exact) mass is 261 g/mol. The van der Waals surface area contributed by atoms with Gasteiger partial charge in [0.05, 0.1) is 0 Å². The van der Waals surface area contributed by atoms with Gasteiger partial charge in [0, 0.05) is 17.2 Å². The van der Waals surface area contributed by atoms with Crippen LogP contribution in [0.25, 0.3) is 0 Å². The van der Waals surface area contributed by atoms with Crippen LogP contribution in [0.4, 0.5) is 4.39 Å². The van der Waals surface area contributed by atoms with Gasteiger partial charge in [-0.3, -0.25) is 0 Å². The fraction of sp³-hybridized carbons (Fsp3) is 0.200. The molecule has 2 aromatic rings. The molecule has 2 rings (SSSR count). The summed E-state index contributed by atoms with van der Waals surface area (Å²) in [5.74, 6) is 0.699. The summed E-state index contributed by atoms with van der Waals surface area (Å²) in [4.78, 5) is 1.08. The van der Waals surface area contributed by atoms with Crippen molar-refractivity contribution < 1.29 is 4.39 Å². The molecule has 0 saturated heterocycles. The van der Waals surface area contributed by atoms with E-state index in [1.165, 1.54) is 23.3 Å². The Balaban J connectivity index is 2.04. The number of rotatable bonds is 4. The third-order valence-electron chi connectivity index (χ3n) is 2.85. The molecule has 2 aromatic carbocycles. The van der Waals surface area contributed by atoms with Crippen molar-refractivity contribution in [1.82, 2.24) is 0 Å². The summed E-state index contributed by atoms with van der Waals surface area (Å²) < 4.78 is 12.8. The SMILES string of the molecule is Cc1cc(CN)ccc1CSc1ccc(F)cc1. The minimum atomic E-state index is -0.192. The van der Waals surface area contributed by atoms with Crippen LogP contribution in [0.1, 0.15) is 16.7 Å². The second-order valence-electron chi connectivity index (χ2n) is 4.21. The number of halogens is 1. The first-order valence-corrected chi connectivity index (χ1v) is 6.84. The van der Waals surface area contributed by atoms with Gasteiger partial charge in [0.2, 0.25) is 0 Å². The van der Waals surface area contributed by atoms with Crippen LogP contribution in [0.2, 0.25) is 0 Å². The first-order valence-electron chi connectivity index (χ1n) is 5.86. The van der Waals surface area contributed by atoms with Crippen LogP contribution in [0.5, 0.6) is 0 Å². The normalized spacial score (nSPS) is 10.6. The molecule has 0 aromatic heterocycles. The van der Waals surface area contributed by atoms with E-state index in [1.807, 2.05) is 12.1 Å². The predicted molar refractivity (Wildman–Crippen MR) is 75.0 cm³/mol. The Labute approximate surface area is 111 Å². The molecule has 0 heterocycles. The van der Waals surface area contributed by atoms with Gasteiger partial charge in [-0.05, 0) is 47.9 Å². The number of hydrogen-bond acceptors (Lipinski definition) is 2. The Kier molecular flexibility index (Phi) is 4.39. The highest BCUT2D eigenvalue weighted by molar-refractivity contribution is 7.98. The van der Waals surface area contributed by atoms with Gasteiger partial charge in [0.25, 0.3) is 0 Å². The van der Waals surface area contributed by atoms with Crippen LogP contribution >= 0.6 is 11.8 Å². The van der Waals surface area contributed by atoms with Crippen LogP contribution < -0.4 is 5.73 Å². The van der Waals surface area contributed by atoms with Crippen molar-refractivity contribution >= 4 is 11.8 Å². The van der Waals surface area contributed by atoms with E-state index in [2.05, 4.69) is 25.1 Å². The van der Waals surface area contributed by atoms with Gasteiger partial charge in [-0.15, -0.1) is 11.8 Å². The van der Waals surface area contributed by atoms with Crippen molar-refractivity contribution in [2.75, 3.05) is 0 Å². The molecule has 0 bridgehead atoms. The van der Waals surface area contributed by atoms with Crippen molar-refractivity contribution in [2.24, 2.45) is 5.73 Å². The molecule has 0 fully saturated rings. The molecule has 0 radical (unpaired) electrons. The van der Waals surface area contributed by atoms with E-state index in [9.17, 15) is 4.39 Å². The topological polar surface area (TPSA) is 26.0 Å². The molecule has 2 N–H and O–H groups in total. The summed E-state index contributed by atoms with van der Waals surface area (Å²) in [7, 11) is 0. The van der Waals surface area contributed by atoms with E-state index >= 15 is 0 Å². The van der Waals surface area contributed by atoms with Gasteiger partial charge in [-0.25, -0.2) is 4.39 Å². The number of thioether (sulfide) groups is 1. The molecule has 0 aliphatic carbocycles. The summed E-state index contributed by atoms with van der Waals surface area (Å²) in [6.07, 6.45) is 0. The Morgan fingerprint density at radius 1 is 1.11 bits per heavy atom. The van der Waals surface area contributed by atoms with Crippen LogP contribution in [0.15, 0.2) is 47.4 Å². The number of benzene rings is 2. The lowest BCUT2D eigenvalue weighted by Gasteiger charge is -2.07. The number of hydrogen-bond donors (Lipinski definition) is 1. The zero-order chi connectivity index (χ0) is 13.0. The Bertz CT molecular complexity index is 523. The van der Waals surface area contributed by atoms with E-state index in [-0.39, 0.29) is 5.82 Å². The smallest absolute Gasteiger partial charge is 0.123 e. The highest BCUT2D eigenvalue weighted by Crippen LogP contribution is 2.24. The van der Waals surface area contributed by atoms with Crippen LogP contribution in [0.3, 0.4) is 0 Å². The largest absolute Gasteiger partial charge is 0.326 e. The predicted octanol–water partition coefficient (Wildman–Crippen LogP) is 3.89. The van der Waals surface area contributed by atoms with Gasteiger partial charge in [-0.2, -0.15) is 0 Å². The minimum Gasteiger partial charge on any atom is -0.326 e. The molecular formula is C15H16FNS. The van der Waals surface area contributed by atoms with E-state index < -0.39 is 0 Å². The van der Waals surface area contributed by atoms with Crippen molar-refractivity contribution in [3.05, 3.63) is 65.0 Å². The van der Waals surface area contributed by atoms with E-state index in [0.717, 1.165) is 16.2 Å². The first kappa shape index (κ1) is 13.1. The molecule has 0 saturated carbocycles. The second-order valence-corrected chi connectivity index (χ2v) is 5.26. The highest BCUT2D eigenvalue weighted by atomic mass is 32.2. The molecule has 0 aliphatic rings. The molecule has 1 nitrogen and oxygen atoms in total. The molecular weight excluding hydrogens is 245 g/mol. The summed E-state index contributed by atoms with van der Waals surface area (Å²) >= 11 is 1.71. The van der Waals surface area contributed by atoms with E-state index in [4.69, 9.17) is 5.73 Å². The van der Waals surface area contributed by atoms with Crippen molar-refractivity contribution in [1.29, 1.82) is 0 Å². The van der Waals surface area contributed by atoms with Crippen molar-refractivity contribution in [2.45, 2.75) is 24.1 Å². The van der Waals surface area contributed by atoms with Crippen LogP contribution in [-0.2, 0) is 12.3 Å². The first-order chi connectivity index (χ1) is 8.69. The van der Waals surface area contributed by atoms with Crippen LogP contribution in [0, 0.1) is 12.7 Å². The Hall–Kier alpha value is -1.32. The van der Waals surface area contributed by atoms with Crippen molar-refractivity contribution in [3.8, 4) is 0 Å². The zero-order valence-corrected chi connectivity index (χ0v) is 11.1. The molecule has 0 unspecified atom stereocenters. The number of nitrogens with two attached hydrogens (primary N) is 1. The molecule has 0 amide bonds. The Morgan fingerprint density at radius 3 is 2.44 bits per heavy atom. The lowest BCUT2D eigenvalue weighted by Crippen LogP contribution is -1.97. The lowest BCUT2D eigenvalue weighted by molar-refractivity contribution is 0.626. The fourth-order valence-corrected chi connectivity index (χ4v) is 2.71. The van der Waals surface area contributed by atoms with Gasteiger partial charge in [0.15, 0.2) is 0 Å². The van der Waals surface area contributed by atoms with Gasteiger partial charge < -0.3 is 5.73 Å². The summed E-state index contributed by atoms with van der Waals surface area (Å²) in [5.41, 5.74) is 9.31. The second kappa shape index (κ2) is 6.03. The average molecular weight is 261 g/mol. The quantitative estimate of drug-likeness (QED) is 0.845. The van der Waals surface area contributed by atoms with E-state index in [0.29, 0.717) is 6.54 Å². The number of aryl methyl sites for hydroxylation is 1. The summed E-state index contributed by atoms with van der Waals surface area (Å²) in [5, 5.41) is 0. The highest BCUT2D eigenvalue weighted by Gasteiger charge is 2.01. The molecule has 94 valence electrons. The molecule has 18 heavy (non-hydrogen) atoms. The van der Waals surface area contributed by atoms with Crippen LogP contribution in [-0.4, -0.2) is 0 Å². The molecule has 0 spiro atoms. The lowest BCUT2D eigenvalue weighted by atomic mass is 10.1. The summed E-state index contributed by atoms with van der Waals surface area (Å²) in [6.45, 7) is 2.67. The minimum absolute atomic E-state index is 0.192. The van der Waals surface area contributed by atoms with Gasteiger partial charge in [0.1, 0.15) is 5.82 Å². The average Bonchev–Trinajstić information content (AvgIpc) is 2.39. The maximum Gasteiger partial charge on any atom is 0.123 e. The zero-order valence-electron chi connectivity index (χ0n) is 10.3. The third-order valence-corrected chi connectivity index (χ3v) is 3.91. The maximum absolute atomic E-state index is 12.8. The summed E-state index contributed by atoms with van der Waals surface area (Å²) in [6, 6.07) is 12.9. The van der Waals surface area contributed by atoms with Gasteiger partial charge >= 0.3 is 0 Å². The maximum atomic E-state index is 12.8. The Morgan fingerprint density at radius 2 is 1.83 bits per heavy atom. The van der Waals surface area contributed by atoms with E-state index in [1.54, 1.807) is 11.8 Å². The molecule has 0 aliphatic heterocycles. The van der Waals surface area contributed by atoms with Gasteiger partial charge in [-0.1, -0.05) is 18.2 Å². The molecule has 0 atom stereocenters. The fourth-order valence-electron chi connectivity index (χ4n) is 1.74. The third kappa shape index (κ3) is 3.34. The standard InChI is InChI=1S/C15H16FNS/c1-11-8-12(9-17)2-3-13(11)10-18-15-6-4-14(16)5-7-15/h2-8H,9-10,17H2,1H3. The molecule has 3 heteroatoms. The van der Waals surface area contributed by atoms with Crippen molar-refractivity contribution in [3.63, 3.8) is 0 Å².